The second kappa shape index (κ2) is 10.6. The average Bonchev–Trinajstić information content (AvgIpc) is 2.77. The summed E-state index contributed by atoms with van der Waals surface area (Å²) in [5, 5.41) is 15.1. The number of hydrogen-bond donors (Lipinski definition) is 3. The zero-order valence-electron chi connectivity index (χ0n) is 18.5. The van der Waals surface area contributed by atoms with Crippen LogP contribution in [0.25, 0.3) is 11.0 Å². The number of halogens is 1. The van der Waals surface area contributed by atoms with Crippen molar-refractivity contribution < 1.29 is 33.0 Å². The molecule has 10 heteroatoms. The predicted molar refractivity (Wildman–Crippen MR) is 120 cm³/mol. The summed E-state index contributed by atoms with van der Waals surface area (Å²) >= 11 is 0. The summed E-state index contributed by atoms with van der Waals surface area (Å²) in [5.41, 5.74) is 0.317. The highest BCUT2D eigenvalue weighted by Crippen LogP contribution is 2.23. The van der Waals surface area contributed by atoms with Crippen LogP contribution in [0.15, 0.2) is 57.7 Å². The van der Waals surface area contributed by atoms with E-state index in [0.29, 0.717) is 22.3 Å². The van der Waals surface area contributed by atoms with Gasteiger partial charge in [0.25, 0.3) is 0 Å². The molecule has 0 bridgehead atoms. The van der Waals surface area contributed by atoms with Crippen LogP contribution in [0.3, 0.4) is 0 Å². The van der Waals surface area contributed by atoms with E-state index in [-0.39, 0.29) is 18.4 Å². The lowest BCUT2D eigenvalue weighted by molar-refractivity contribution is -0.142. The number of carbonyl (C=O) groups is 3. The van der Waals surface area contributed by atoms with Crippen LogP contribution in [0.5, 0.6) is 5.75 Å². The molecule has 0 saturated carbocycles. The Kier molecular flexibility index (Phi) is 7.62. The summed E-state index contributed by atoms with van der Waals surface area (Å²) in [6.07, 6.45) is -0.268. The Bertz CT molecular complexity index is 1290. The molecule has 2 aromatic carbocycles. The molecule has 3 aromatic rings. The Labute approximate surface area is 193 Å². The number of ether oxygens (including phenoxy) is 1. The van der Waals surface area contributed by atoms with Crippen molar-refractivity contribution >= 4 is 28.8 Å². The zero-order valence-corrected chi connectivity index (χ0v) is 18.5. The maximum atomic E-state index is 13.5. The van der Waals surface area contributed by atoms with E-state index in [9.17, 15) is 28.7 Å². The Balaban J connectivity index is 1.86. The molecule has 0 aliphatic heterocycles. The number of benzene rings is 2. The second-order valence-electron chi connectivity index (χ2n) is 7.64. The van der Waals surface area contributed by atoms with Crippen molar-refractivity contribution in [2.45, 2.75) is 31.8 Å². The third-order valence-corrected chi connectivity index (χ3v) is 5.10. The van der Waals surface area contributed by atoms with Crippen LogP contribution in [0, 0.1) is 5.82 Å². The molecule has 1 aromatic heterocycles. The molecule has 9 nitrogen and oxygen atoms in total. The van der Waals surface area contributed by atoms with Crippen LogP contribution < -0.4 is 21.0 Å². The SMILES string of the molecule is COc1ccc2c(C[C@@H](NC(=O)[C@H](Cc3cccc(F)c3)NC(C)=O)C(=O)O)cc(=O)oc2c1. The first kappa shape index (κ1) is 24.4. The maximum absolute atomic E-state index is 13.5. The summed E-state index contributed by atoms with van der Waals surface area (Å²) in [7, 11) is 1.45. The molecule has 178 valence electrons. The highest BCUT2D eigenvalue weighted by molar-refractivity contribution is 5.91. The fourth-order valence-corrected chi connectivity index (χ4v) is 3.55. The van der Waals surface area contributed by atoms with E-state index in [0.717, 1.165) is 6.07 Å². The third-order valence-electron chi connectivity index (χ3n) is 5.10. The van der Waals surface area contributed by atoms with Gasteiger partial charge in [0, 0.05) is 37.3 Å². The molecule has 34 heavy (non-hydrogen) atoms. The molecule has 1 heterocycles. The quantitative estimate of drug-likeness (QED) is 0.406. The molecule has 0 aliphatic carbocycles. The number of fused-ring (bicyclic) bond motifs is 1. The highest BCUT2D eigenvalue weighted by atomic mass is 19.1. The van der Waals surface area contributed by atoms with Gasteiger partial charge in [0.05, 0.1) is 7.11 Å². The number of aliphatic carboxylic acids is 1. The van der Waals surface area contributed by atoms with Gasteiger partial charge in [0.2, 0.25) is 11.8 Å². The van der Waals surface area contributed by atoms with Gasteiger partial charge in [0.1, 0.15) is 29.2 Å². The number of carbonyl (C=O) groups excluding carboxylic acids is 2. The molecule has 0 saturated heterocycles. The van der Waals surface area contributed by atoms with Gasteiger partial charge in [-0.3, -0.25) is 9.59 Å². The van der Waals surface area contributed by atoms with Crippen LogP contribution in [-0.4, -0.2) is 42.1 Å². The Morgan fingerprint density at radius 2 is 1.82 bits per heavy atom. The molecule has 0 radical (unpaired) electrons. The first-order valence-electron chi connectivity index (χ1n) is 10.3. The number of hydrogen-bond acceptors (Lipinski definition) is 6. The lowest BCUT2D eigenvalue weighted by Crippen LogP contribution is -2.52. The van der Waals surface area contributed by atoms with Crippen LogP contribution >= 0.6 is 0 Å². The number of carboxylic acids is 1. The maximum Gasteiger partial charge on any atom is 0.336 e. The Morgan fingerprint density at radius 3 is 2.47 bits per heavy atom. The number of methoxy groups -OCH3 is 1. The molecule has 0 aliphatic rings. The molecule has 3 N–H and O–H groups in total. The largest absolute Gasteiger partial charge is 0.497 e. The van der Waals surface area contributed by atoms with Gasteiger partial charge in [-0.1, -0.05) is 12.1 Å². The lowest BCUT2D eigenvalue weighted by Gasteiger charge is -2.21. The van der Waals surface area contributed by atoms with Gasteiger partial charge in [-0.25, -0.2) is 14.0 Å². The zero-order chi connectivity index (χ0) is 24.8. The van der Waals surface area contributed by atoms with Crippen molar-refractivity contribution in [3.05, 3.63) is 75.9 Å². The van der Waals surface area contributed by atoms with Gasteiger partial charge in [-0.2, -0.15) is 0 Å². The molecular formula is C24H23FN2O7. The monoisotopic (exact) mass is 470 g/mol. The molecule has 2 amide bonds. The number of nitrogens with one attached hydrogen (secondary N) is 2. The van der Waals surface area contributed by atoms with E-state index in [2.05, 4.69) is 10.6 Å². The minimum absolute atomic E-state index is 0.0484. The third kappa shape index (κ3) is 6.18. The summed E-state index contributed by atoms with van der Waals surface area (Å²) in [4.78, 5) is 48.5. The van der Waals surface area contributed by atoms with Crippen LogP contribution in [0.4, 0.5) is 4.39 Å². The predicted octanol–water partition coefficient (Wildman–Crippen LogP) is 1.80. The van der Waals surface area contributed by atoms with E-state index in [1.807, 2.05) is 0 Å². The van der Waals surface area contributed by atoms with Gasteiger partial charge in [-0.05, 0) is 35.4 Å². The number of carboxylic acid groups (broad SMARTS) is 1. The fourth-order valence-electron chi connectivity index (χ4n) is 3.55. The molecule has 3 rings (SSSR count). The smallest absolute Gasteiger partial charge is 0.336 e. The van der Waals surface area contributed by atoms with Crippen molar-refractivity contribution in [2.75, 3.05) is 7.11 Å². The fraction of sp³-hybridized carbons (Fsp3) is 0.250. The normalized spacial score (nSPS) is 12.6. The van der Waals surface area contributed by atoms with Crippen LogP contribution in [0.2, 0.25) is 0 Å². The highest BCUT2D eigenvalue weighted by Gasteiger charge is 2.27. The van der Waals surface area contributed by atoms with Crippen molar-refractivity contribution in [1.29, 1.82) is 0 Å². The van der Waals surface area contributed by atoms with Crippen LogP contribution in [-0.2, 0) is 27.2 Å². The van der Waals surface area contributed by atoms with Gasteiger partial charge in [0.15, 0.2) is 0 Å². The lowest BCUT2D eigenvalue weighted by atomic mass is 10.0. The summed E-state index contributed by atoms with van der Waals surface area (Å²) in [6.45, 7) is 1.21. The van der Waals surface area contributed by atoms with Gasteiger partial charge in [-0.15, -0.1) is 0 Å². The van der Waals surface area contributed by atoms with E-state index in [4.69, 9.17) is 9.15 Å². The Hall–Kier alpha value is -4.21. The molecule has 0 fully saturated rings. The standard InChI is InChI=1S/C24H23FN2O7/c1-13(28)26-19(9-14-4-3-5-16(25)8-14)23(30)27-20(24(31)32)10-15-11-22(29)34-21-12-17(33-2)6-7-18(15)21/h3-8,11-12,19-20H,9-10H2,1-2H3,(H,26,28)(H,27,30)(H,31,32)/t19-,20+/m0/s1. The topological polar surface area (TPSA) is 135 Å². The van der Waals surface area contributed by atoms with Crippen molar-refractivity contribution in [3.8, 4) is 5.75 Å². The first-order valence-corrected chi connectivity index (χ1v) is 10.3. The van der Waals surface area contributed by atoms with Crippen LogP contribution in [0.1, 0.15) is 18.1 Å². The minimum Gasteiger partial charge on any atom is -0.497 e. The summed E-state index contributed by atoms with van der Waals surface area (Å²) < 4.78 is 23.8. The average molecular weight is 470 g/mol. The molecule has 0 spiro atoms. The molecule has 2 atom stereocenters. The molecular weight excluding hydrogens is 447 g/mol. The second-order valence-corrected chi connectivity index (χ2v) is 7.64. The summed E-state index contributed by atoms with van der Waals surface area (Å²) in [5.74, 6) is -2.67. The van der Waals surface area contributed by atoms with E-state index >= 15 is 0 Å². The Morgan fingerprint density at radius 1 is 1.06 bits per heavy atom. The number of rotatable bonds is 9. The van der Waals surface area contributed by atoms with Crippen molar-refractivity contribution in [3.63, 3.8) is 0 Å². The van der Waals surface area contributed by atoms with Crippen molar-refractivity contribution in [1.82, 2.24) is 10.6 Å². The minimum atomic E-state index is -1.41. The van der Waals surface area contributed by atoms with E-state index < -0.39 is 41.3 Å². The van der Waals surface area contributed by atoms with Gasteiger partial charge < -0.3 is 24.9 Å². The first-order chi connectivity index (χ1) is 16.2. The van der Waals surface area contributed by atoms with Crippen molar-refractivity contribution in [2.24, 2.45) is 0 Å². The number of amides is 2. The van der Waals surface area contributed by atoms with E-state index in [1.54, 1.807) is 18.2 Å². The molecule has 0 unspecified atom stereocenters. The van der Waals surface area contributed by atoms with E-state index in [1.165, 1.54) is 38.3 Å². The summed E-state index contributed by atoms with van der Waals surface area (Å²) in [6, 6.07) is 8.89. The van der Waals surface area contributed by atoms with Gasteiger partial charge >= 0.3 is 11.6 Å².